The average Bonchev–Trinajstić information content (AvgIpc) is 3.14. The SMILES string of the molecule is COc1ccc2cc(-c3ccc(-c4ncon4)[n+](C)c3)c(=O)oc2c1. The summed E-state index contributed by atoms with van der Waals surface area (Å²) in [6.45, 7) is 0. The fourth-order valence-corrected chi connectivity index (χ4v) is 2.70. The lowest BCUT2D eigenvalue weighted by molar-refractivity contribution is -0.660. The second-order valence-electron chi connectivity index (χ2n) is 5.52. The van der Waals surface area contributed by atoms with Gasteiger partial charge in [0, 0.05) is 17.5 Å². The first-order chi connectivity index (χ1) is 12.2. The molecule has 0 aliphatic carbocycles. The molecule has 0 aliphatic rings. The summed E-state index contributed by atoms with van der Waals surface area (Å²) in [6, 6.07) is 10.8. The number of methoxy groups -OCH3 is 1. The Morgan fingerprint density at radius 1 is 1.16 bits per heavy atom. The third-order valence-electron chi connectivity index (χ3n) is 3.98. The van der Waals surface area contributed by atoms with E-state index in [1.807, 2.05) is 48.1 Å². The number of ether oxygens (including phenoxy) is 1. The van der Waals surface area contributed by atoms with E-state index in [4.69, 9.17) is 13.7 Å². The van der Waals surface area contributed by atoms with E-state index in [0.29, 0.717) is 22.7 Å². The largest absolute Gasteiger partial charge is 0.497 e. The van der Waals surface area contributed by atoms with Crippen LogP contribution in [0, 0.1) is 0 Å². The van der Waals surface area contributed by atoms with Gasteiger partial charge in [0.15, 0.2) is 6.20 Å². The quantitative estimate of drug-likeness (QED) is 0.422. The van der Waals surface area contributed by atoms with Crippen LogP contribution in [0.25, 0.3) is 33.6 Å². The predicted octanol–water partition coefficient (Wildman–Crippen LogP) is 2.34. The molecule has 0 spiro atoms. The Morgan fingerprint density at radius 3 is 2.76 bits per heavy atom. The highest BCUT2D eigenvalue weighted by Crippen LogP contribution is 2.24. The molecule has 0 saturated heterocycles. The Labute approximate surface area is 142 Å². The van der Waals surface area contributed by atoms with Crippen LogP contribution >= 0.6 is 0 Å². The summed E-state index contributed by atoms with van der Waals surface area (Å²) in [5, 5.41) is 4.65. The number of fused-ring (bicyclic) bond motifs is 1. The van der Waals surface area contributed by atoms with Crippen molar-refractivity contribution in [3.63, 3.8) is 0 Å². The van der Waals surface area contributed by atoms with Crippen LogP contribution in [0.4, 0.5) is 0 Å². The molecule has 7 nitrogen and oxygen atoms in total. The number of benzene rings is 1. The van der Waals surface area contributed by atoms with Gasteiger partial charge in [0.05, 0.1) is 18.2 Å². The van der Waals surface area contributed by atoms with Crippen molar-refractivity contribution >= 4 is 11.0 Å². The maximum atomic E-state index is 12.4. The van der Waals surface area contributed by atoms with Crippen molar-refractivity contribution in [1.82, 2.24) is 10.1 Å². The van der Waals surface area contributed by atoms with Crippen LogP contribution in [-0.4, -0.2) is 17.3 Å². The van der Waals surface area contributed by atoms with Gasteiger partial charge >= 0.3 is 5.63 Å². The molecule has 4 aromatic rings. The minimum atomic E-state index is -0.409. The van der Waals surface area contributed by atoms with E-state index in [2.05, 4.69) is 10.1 Å². The highest BCUT2D eigenvalue weighted by molar-refractivity contribution is 5.82. The zero-order valence-corrected chi connectivity index (χ0v) is 13.6. The molecule has 7 heteroatoms. The van der Waals surface area contributed by atoms with Gasteiger partial charge in [-0.1, -0.05) is 5.16 Å². The summed E-state index contributed by atoms with van der Waals surface area (Å²) in [4.78, 5) is 16.4. The van der Waals surface area contributed by atoms with Crippen LogP contribution in [0.3, 0.4) is 0 Å². The van der Waals surface area contributed by atoms with E-state index in [9.17, 15) is 4.79 Å². The van der Waals surface area contributed by atoms with Crippen LogP contribution in [0.5, 0.6) is 5.75 Å². The Bertz CT molecular complexity index is 1120. The monoisotopic (exact) mass is 336 g/mol. The smallest absolute Gasteiger partial charge is 0.344 e. The Hall–Kier alpha value is -3.48. The molecular formula is C18H14N3O4+. The molecule has 3 aromatic heterocycles. The molecular weight excluding hydrogens is 322 g/mol. The number of rotatable bonds is 3. The molecule has 124 valence electrons. The summed E-state index contributed by atoms with van der Waals surface area (Å²) in [5.41, 5.74) is 2.07. The van der Waals surface area contributed by atoms with Crippen molar-refractivity contribution in [3.8, 4) is 28.4 Å². The second-order valence-corrected chi connectivity index (χ2v) is 5.52. The molecule has 0 radical (unpaired) electrons. The maximum Gasteiger partial charge on any atom is 0.344 e. The first kappa shape index (κ1) is 15.1. The van der Waals surface area contributed by atoms with Gasteiger partial charge < -0.3 is 13.7 Å². The number of hydrogen-bond acceptors (Lipinski definition) is 6. The third-order valence-corrected chi connectivity index (χ3v) is 3.98. The first-order valence-corrected chi connectivity index (χ1v) is 7.54. The second kappa shape index (κ2) is 5.86. The zero-order valence-electron chi connectivity index (χ0n) is 13.6. The lowest BCUT2D eigenvalue weighted by Crippen LogP contribution is -2.31. The van der Waals surface area contributed by atoms with Crippen LogP contribution in [0.15, 0.2) is 62.7 Å². The molecule has 4 rings (SSSR count). The summed E-state index contributed by atoms with van der Waals surface area (Å²) >= 11 is 0. The molecule has 0 aliphatic heterocycles. The van der Waals surface area contributed by atoms with Gasteiger partial charge in [-0.15, -0.1) is 0 Å². The summed E-state index contributed by atoms with van der Waals surface area (Å²) < 4.78 is 17.2. The van der Waals surface area contributed by atoms with Crippen molar-refractivity contribution in [2.45, 2.75) is 0 Å². The van der Waals surface area contributed by atoms with Crippen molar-refractivity contribution in [2.24, 2.45) is 7.05 Å². The van der Waals surface area contributed by atoms with E-state index in [1.165, 1.54) is 6.39 Å². The van der Waals surface area contributed by atoms with Gasteiger partial charge in [-0.25, -0.2) is 4.79 Å². The molecule has 0 saturated carbocycles. The van der Waals surface area contributed by atoms with Crippen LogP contribution in [0.1, 0.15) is 0 Å². The zero-order chi connectivity index (χ0) is 17.4. The van der Waals surface area contributed by atoms with Crippen molar-refractivity contribution < 1.29 is 18.2 Å². The fraction of sp³-hybridized carbons (Fsp3) is 0.111. The van der Waals surface area contributed by atoms with E-state index < -0.39 is 5.63 Å². The number of nitrogens with zero attached hydrogens (tertiary/aromatic N) is 3. The van der Waals surface area contributed by atoms with Crippen LogP contribution in [-0.2, 0) is 7.05 Å². The van der Waals surface area contributed by atoms with Crippen molar-refractivity contribution in [3.05, 3.63) is 59.4 Å². The van der Waals surface area contributed by atoms with E-state index in [-0.39, 0.29) is 0 Å². The predicted molar refractivity (Wildman–Crippen MR) is 88.9 cm³/mol. The molecule has 25 heavy (non-hydrogen) atoms. The molecule has 0 unspecified atom stereocenters. The van der Waals surface area contributed by atoms with Crippen molar-refractivity contribution in [2.75, 3.05) is 7.11 Å². The molecule has 0 N–H and O–H groups in total. The van der Waals surface area contributed by atoms with E-state index in [1.54, 1.807) is 13.2 Å². The van der Waals surface area contributed by atoms with Gasteiger partial charge in [0.25, 0.3) is 11.5 Å². The normalized spacial score (nSPS) is 11.0. The summed E-state index contributed by atoms with van der Waals surface area (Å²) in [5.74, 6) is 1.12. The first-order valence-electron chi connectivity index (χ1n) is 7.54. The summed E-state index contributed by atoms with van der Waals surface area (Å²) in [7, 11) is 3.42. The molecule has 0 atom stereocenters. The number of pyridine rings is 1. The third kappa shape index (κ3) is 2.65. The summed E-state index contributed by atoms with van der Waals surface area (Å²) in [6.07, 6.45) is 3.10. The molecule has 1 aromatic carbocycles. The highest BCUT2D eigenvalue weighted by atomic mass is 16.5. The Morgan fingerprint density at radius 2 is 2.04 bits per heavy atom. The average molecular weight is 336 g/mol. The molecule has 0 bridgehead atoms. The molecule has 0 amide bonds. The highest BCUT2D eigenvalue weighted by Gasteiger charge is 2.17. The van der Waals surface area contributed by atoms with E-state index in [0.717, 1.165) is 16.6 Å². The van der Waals surface area contributed by atoms with Crippen molar-refractivity contribution in [1.29, 1.82) is 0 Å². The van der Waals surface area contributed by atoms with Crippen LogP contribution in [0.2, 0.25) is 0 Å². The topological polar surface area (TPSA) is 82.2 Å². The molecule has 0 fully saturated rings. The Balaban J connectivity index is 1.83. The fourth-order valence-electron chi connectivity index (χ4n) is 2.70. The van der Waals surface area contributed by atoms with Gasteiger partial charge in [0.2, 0.25) is 6.39 Å². The minimum Gasteiger partial charge on any atom is -0.497 e. The maximum absolute atomic E-state index is 12.4. The van der Waals surface area contributed by atoms with Gasteiger partial charge in [0.1, 0.15) is 18.4 Å². The molecule has 3 heterocycles. The van der Waals surface area contributed by atoms with Gasteiger partial charge in [-0.05, 0) is 24.3 Å². The number of aryl methyl sites for hydroxylation is 1. The van der Waals surface area contributed by atoms with Crippen LogP contribution < -0.4 is 14.9 Å². The van der Waals surface area contributed by atoms with Gasteiger partial charge in [-0.3, -0.25) is 0 Å². The van der Waals surface area contributed by atoms with Gasteiger partial charge in [-0.2, -0.15) is 9.55 Å². The minimum absolute atomic E-state index is 0.409. The lowest BCUT2D eigenvalue weighted by atomic mass is 10.1. The Kier molecular flexibility index (Phi) is 3.53. The standard InChI is InChI=1S/C18H14N3O4/c1-21-9-12(4-6-15(21)17-19-10-24-20-17)14-7-11-3-5-13(23-2)8-16(11)25-18(14)22/h3-10H,1-2H3/q+1. The number of hydrogen-bond donors (Lipinski definition) is 0. The number of aromatic nitrogens is 3. The lowest BCUT2D eigenvalue weighted by Gasteiger charge is -2.04. The van der Waals surface area contributed by atoms with E-state index >= 15 is 0 Å².